The molecular formula is C14H24N2O3S. The molecule has 0 spiro atoms. The first-order chi connectivity index (χ1) is 9.25. The lowest BCUT2D eigenvalue weighted by atomic mass is 10.0. The molecule has 1 aromatic rings. The molecule has 0 aliphatic heterocycles. The van der Waals surface area contributed by atoms with Gasteiger partial charge in [0, 0.05) is 6.04 Å². The van der Waals surface area contributed by atoms with E-state index in [1.807, 2.05) is 20.8 Å². The van der Waals surface area contributed by atoms with Gasteiger partial charge in [0.15, 0.2) is 0 Å². The molecule has 4 N–H and O–H groups in total. The quantitative estimate of drug-likeness (QED) is 0.669. The maximum absolute atomic E-state index is 11.6. The summed E-state index contributed by atoms with van der Waals surface area (Å²) in [5, 5.41) is 18.3. The Kier molecular flexibility index (Phi) is 6.13. The lowest BCUT2D eigenvalue weighted by Crippen LogP contribution is -2.34. The highest BCUT2D eigenvalue weighted by Gasteiger charge is 2.21. The second kappa shape index (κ2) is 7.17. The minimum Gasteiger partial charge on any atom is -0.379 e. The van der Waals surface area contributed by atoms with Crippen LogP contribution in [0.5, 0.6) is 0 Å². The molecule has 0 fully saturated rings. The molecule has 2 atom stereocenters. The highest BCUT2D eigenvalue weighted by atomic mass is 32.2. The number of sulfonamides is 1. The molecule has 5 nitrogen and oxygen atoms in total. The first-order valence-corrected chi connectivity index (χ1v) is 8.36. The molecule has 0 heterocycles. The molecule has 1 rings (SSSR count). The van der Waals surface area contributed by atoms with Crippen molar-refractivity contribution in [2.24, 2.45) is 11.1 Å². The number of aliphatic hydroxyl groups is 1. The van der Waals surface area contributed by atoms with Gasteiger partial charge in [-0.1, -0.05) is 39.0 Å². The van der Waals surface area contributed by atoms with Gasteiger partial charge in [0.05, 0.1) is 4.90 Å². The summed E-state index contributed by atoms with van der Waals surface area (Å²) in [5.41, 5.74) is 0.598. The van der Waals surface area contributed by atoms with Gasteiger partial charge in [0.1, 0.15) is 6.23 Å². The predicted octanol–water partition coefficient (Wildman–Crippen LogP) is 1.74. The number of rotatable bonds is 7. The molecule has 1 aromatic carbocycles. The van der Waals surface area contributed by atoms with Crippen molar-refractivity contribution < 1.29 is 13.5 Å². The number of benzene rings is 1. The summed E-state index contributed by atoms with van der Waals surface area (Å²) in [4.78, 5) is 0.107. The van der Waals surface area contributed by atoms with Crippen LogP contribution in [0.2, 0.25) is 0 Å². The van der Waals surface area contributed by atoms with E-state index >= 15 is 0 Å². The van der Waals surface area contributed by atoms with E-state index < -0.39 is 16.3 Å². The highest BCUT2D eigenvalue weighted by molar-refractivity contribution is 7.89. The molecule has 0 saturated carbocycles. The SMILES string of the molecule is CCC(N[C@@H](O)CC(C)C)c1ccccc1S(N)(=O)=O. The van der Waals surface area contributed by atoms with Crippen LogP contribution in [-0.2, 0) is 10.0 Å². The van der Waals surface area contributed by atoms with E-state index in [4.69, 9.17) is 5.14 Å². The van der Waals surface area contributed by atoms with E-state index in [2.05, 4.69) is 5.32 Å². The van der Waals surface area contributed by atoms with Crippen LogP contribution < -0.4 is 10.5 Å². The fraction of sp³-hybridized carbons (Fsp3) is 0.571. The normalized spacial score (nSPS) is 15.3. The Morgan fingerprint density at radius 1 is 1.30 bits per heavy atom. The summed E-state index contributed by atoms with van der Waals surface area (Å²) in [6, 6.07) is 6.37. The van der Waals surface area contributed by atoms with E-state index in [1.165, 1.54) is 6.07 Å². The highest BCUT2D eigenvalue weighted by Crippen LogP contribution is 2.24. The zero-order valence-corrected chi connectivity index (χ0v) is 13.0. The molecule has 20 heavy (non-hydrogen) atoms. The van der Waals surface area contributed by atoms with Crippen molar-refractivity contribution in [3.8, 4) is 0 Å². The van der Waals surface area contributed by atoms with Gasteiger partial charge in [-0.25, -0.2) is 13.6 Å². The molecule has 0 amide bonds. The topological polar surface area (TPSA) is 92.4 Å². The fourth-order valence-corrected chi connectivity index (χ4v) is 3.01. The molecule has 0 aromatic heterocycles. The molecule has 6 heteroatoms. The van der Waals surface area contributed by atoms with Crippen LogP contribution in [0.1, 0.15) is 45.2 Å². The third-order valence-electron chi connectivity index (χ3n) is 3.10. The molecule has 114 valence electrons. The Morgan fingerprint density at radius 3 is 2.40 bits per heavy atom. The van der Waals surface area contributed by atoms with E-state index in [0.717, 1.165) is 0 Å². The number of hydrogen-bond acceptors (Lipinski definition) is 4. The maximum atomic E-state index is 11.6. The summed E-state index contributed by atoms with van der Waals surface area (Å²) >= 11 is 0. The van der Waals surface area contributed by atoms with Gasteiger partial charge in [-0.15, -0.1) is 0 Å². The average Bonchev–Trinajstić information content (AvgIpc) is 2.34. The van der Waals surface area contributed by atoms with Crippen molar-refractivity contribution in [2.45, 2.75) is 50.8 Å². The summed E-state index contributed by atoms with van der Waals surface area (Å²) in [6.45, 7) is 5.97. The van der Waals surface area contributed by atoms with E-state index in [9.17, 15) is 13.5 Å². The fourth-order valence-electron chi connectivity index (χ4n) is 2.20. The largest absolute Gasteiger partial charge is 0.379 e. The Labute approximate surface area is 121 Å². The van der Waals surface area contributed by atoms with Crippen LogP contribution in [0.15, 0.2) is 29.2 Å². The van der Waals surface area contributed by atoms with Gasteiger partial charge in [0.25, 0.3) is 0 Å². The van der Waals surface area contributed by atoms with Crippen LogP contribution in [-0.4, -0.2) is 19.8 Å². The molecular weight excluding hydrogens is 276 g/mol. The Balaban J connectivity index is 3.02. The minimum absolute atomic E-state index is 0.107. The zero-order chi connectivity index (χ0) is 15.3. The zero-order valence-electron chi connectivity index (χ0n) is 12.2. The van der Waals surface area contributed by atoms with Crippen molar-refractivity contribution >= 4 is 10.0 Å². The lowest BCUT2D eigenvalue weighted by molar-refractivity contribution is 0.0983. The van der Waals surface area contributed by atoms with Gasteiger partial charge in [-0.2, -0.15) is 0 Å². The summed E-state index contributed by atoms with van der Waals surface area (Å²) in [7, 11) is -3.77. The van der Waals surface area contributed by atoms with Gasteiger partial charge in [-0.3, -0.25) is 5.32 Å². The first-order valence-electron chi connectivity index (χ1n) is 6.81. The van der Waals surface area contributed by atoms with Crippen molar-refractivity contribution in [2.75, 3.05) is 0 Å². The van der Waals surface area contributed by atoms with Crippen molar-refractivity contribution in [1.29, 1.82) is 0 Å². The van der Waals surface area contributed by atoms with Crippen molar-refractivity contribution in [3.63, 3.8) is 0 Å². The van der Waals surface area contributed by atoms with Gasteiger partial charge in [0.2, 0.25) is 10.0 Å². The third kappa shape index (κ3) is 4.86. The van der Waals surface area contributed by atoms with Gasteiger partial charge < -0.3 is 5.11 Å². The third-order valence-corrected chi connectivity index (χ3v) is 4.08. The Morgan fingerprint density at radius 2 is 1.90 bits per heavy atom. The van der Waals surface area contributed by atoms with Gasteiger partial charge >= 0.3 is 0 Å². The number of aliphatic hydroxyl groups excluding tert-OH is 1. The smallest absolute Gasteiger partial charge is 0.238 e. The molecule has 0 aliphatic rings. The van der Waals surface area contributed by atoms with Crippen molar-refractivity contribution in [3.05, 3.63) is 29.8 Å². The molecule has 0 radical (unpaired) electrons. The number of hydrogen-bond donors (Lipinski definition) is 3. The first kappa shape index (κ1) is 17.1. The molecule has 0 saturated heterocycles. The number of nitrogens with two attached hydrogens (primary N) is 1. The van der Waals surface area contributed by atoms with Crippen LogP contribution in [0.4, 0.5) is 0 Å². The summed E-state index contributed by atoms with van der Waals surface area (Å²) in [6.07, 6.45) is 0.587. The minimum atomic E-state index is -3.77. The second-order valence-corrected chi connectivity index (χ2v) is 6.89. The summed E-state index contributed by atoms with van der Waals surface area (Å²) < 4.78 is 23.3. The number of nitrogens with one attached hydrogen (secondary N) is 1. The van der Waals surface area contributed by atoms with Crippen LogP contribution in [0.3, 0.4) is 0 Å². The van der Waals surface area contributed by atoms with Crippen LogP contribution in [0, 0.1) is 5.92 Å². The second-order valence-electron chi connectivity index (χ2n) is 5.36. The molecule has 0 aliphatic carbocycles. The standard InChI is InChI=1S/C14H24N2O3S/c1-4-12(16-14(17)9-10(2)3)11-7-5-6-8-13(11)20(15,18)19/h5-8,10,12,14,16-17H,4,9H2,1-3H3,(H2,15,18,19)/t12?,14-/m0/s1. The van der Waals surface area contributed by atoms with Crippen LogP contribution in [0.25, 0.3) is 0 Å². The molecule has 0 bridgehead atoms. The monoisotopic (exact) mass is 300 g/mol. The van der Waals surface area contributed by atoms with Crippen molar-refractivity contribution in [1.82, 2.24) is 5.32 Å². The van der Waals surface area contributed by atoms with E-state index in [1.54, 1.807) is 18.2 Å². The van der Waals surface area contributed by atoms with Crippen LogP contribution >= 0.6 is 0 Å². The predicted molar refractivity (Wildman–Crippen MR) is 79.4 cm³/mol. The molecule has 1 unspecified atom stereocenters. The lowest BCUT2D eigenvalue weighted by Gasteiger charge is -2.24. The summed E-state index contributed by atoms with van der Waals surface area (Å²) in [5.74, 6) is 0.350. The van der Waals surface area contributed by atoms with E-state index in [0.29, 0.717) is 24.3 Å². The average molecular weight is 300 g/mol. The Hall–Kier alpha value is -0.950. The van der Waals surface area contributed by atoms with E-state index in [-0.39, 0.29) is 10.9 Å². The maximum Gasteiger partial charge on any atom is 0.238 e. The number of primary sulfonamides is 1. The van der Waals surface area contributed by atoms with Gasteiger partial charge in [-0.05, 0) is 30.4 Å². The Bertz CT molecular complexity index is 529.